The van der Waals surface area contributed by atoms with Crippen LogP contribution in [0.2, 0.25) is 0 Å². The largest absolute Gasteiger partial charge is 0.497 e. The zero-order valence-corrected chi connectivity index (χ0v) is 17.1. The van der Waals surface area contributed by atoms with Gasteiger partial charge in [-0.3, -0.25) is 9.59 Å². The highest BCUT2D eigenvalue weighted by Crippen LogP contribution is 2.16. The number of hydrogen-bond donors (Lipinski definition) is 1. The highest BCUT2D eigenvalue weighted by Gasteiger charge is 2.20. The van der Waals surface area contributed by atoms with E-state index in [0.717, 1.165) is 16.9 Å². The van der Waals surface area contributed by atoms with Gasteiger partial charge in [0.2, 0.25) is 5.91 Å². The first-order valence-corrected chi connectivity index (χ1v) is 9.47. The summed E-state index contributed by atoms with van der Waals surface area (Å²) in [6, 6.07) is 16.1. The molecule has 29 heavy (non-hydrogen) atoms. The number of aromatic nitrogens is 2. The fourth-order valence-corrected chi connectivity index (χ4v) is 3.18. The van der Waals surface area contributed by atoms with E-state index in [1.807, 2.05) is 62.4 Å². The van der Waals surface area contributed by atoms with Crippen LogP contribution in [0.25, 0.3) is 0 Å². The normalized spacial score (nSPS) is 11.7. The standard InChI is InChI=1S/C23H25N3O3/c1-15-7-5-9-20(11-15)24-22(27)17(3)26-23(28)19(12-16(2)25-26)13-18-8-6-10-21(14-18)29-4/h5-12,14,17H,13H2,1-4H3,(H,24,27). The molecule has 0 radical (unpaired) electrons. The Morgan fingerprint density at radius 3 is 2.62 bits per heavy atom. The Labute approximate surface area is 170 Å². The van der Waals surface area contributed by atoms with Crippen LogP contribution in [0.5, 0.6) is 5.75 Å². The second-order valence-electron chi connectivity index (χ2n) is 7.12. The Balaban J connectivity index is 1.87. The van der Waals surface area contributed by atoms with Crippen molar-refractivity contribution in [2.45, 2.75) is 33.2 Å². The van der Waals surface area contributed by atoms with E-state index in [2.05, 4.69) is 10.4 Å². The van der Waals surface area contributed by atoms with Crippen LogP contribution in [-0.4, -0.2) is 22.8 Å². The third-order valence-electron chi connectivity index (χ3n) is 4.69. The van der Waals surface area contributed by atoms with Crippen molar-refractivity contribution in [3.8, 4) is 5.75 Å². The lowest BCUT2D eigenvalue weighted by Gasteiger charge is -2.16. The second kappa shape index (κ2) is 8.73. The first-order chi connectivity index (χ1) is 13.9. The van der Waals surface area contributed by atoms with Crippen molar-refractivity contribution in [1.82, 2.24) is 9.78 Å². The lowest BCUT2D eigenvalue weighted by atomic mass is 10.1. The quantitative estimate of drug-likeness (QED) is 0.696. The van der Waals surface area contributed by atoms with Gasteiger partial charge >= 0.3 is 0 Å². The van der Waals surface area contributed by atoms with E-state index in [9.17, 15) is 9.59 Å². The minimum Gasteiger partial charge on any atom is -0.497 e. The lowest BCUT2D eigenvalue weighted by Crippen LogP contribution is -2.35. The van der Waals surface area contributed by atoms with Crippen LogP contribution in [0.4, 0.5) is 5.69 Å². The minimum absolute atomic E-state index is 0.273. The summed E-state index contributed by atoms with van der Waals surface area (Å²) in [7, 11) is 1.61. The van der Waals surface area contributed by atoms with E-state index in [4.69, 9.17) is 4.74 Å². The molecule has 0 bridgehead atoms. The topological polar surface area (TPSA) is 73.2 Å². The molecule has 0 aliphatic heterocycles. The Kier molecular flexibility index (Phi) is 6.12. The number of amides is 1. The fraction of sp³-hybridized carbons (Fsp3) is 0.261. The summed E-state index contributed by atoms with van der Waals surface area (Å²) in [5, 5.41) is 7.16. The fourth-order valence-electron chi connectivity index (χ4n) is 3.18. The molecule has 1 unspecified atom stereocenters. The van der Waals surface area contributed by atoms with Gasteiger partial charge in [-0.15, -0.1) is 0 Å². The van der Waals surface area contributed by atoms with E-state index < -0.39 is 6.04 Å². The van der Waals surface area contributed by atoms with Gasteiger partial charge in [-0.25, -0.2) is 4.68 Å². The molecule has 1 heterocycles. The Morgan fingerprint density at radius 2 is 1.90 bits per heavy atom. The number of aryl methyl sites for hydroxylation is 2. The molecule has 0 saturated heterocycles. The number of anilines is 1. The van der Waals surface area contributed by atoms with Crippen molar-refractivity contribution >= 4 is 11.6 Å². The average molecular weight is 391 g/mol. The van der Waals surface area contributed by atoms with E-state index in [1.54, 1.807) is 20.1 Å². The Bertz CT molecular complexity index is 1090. The number of hydrogen-bond acceptors (Lipinski definition) is 4. The molecular formula is C23H25N3O3. The third-order valence-corrected chi connectivity index (χ3v) is 4.69. The predicted molar refractivity (Wildman–Crippen MR) is 114 cm³/mol. The maximum atomic E-state index is 13.0. The van der Waals surface area contributed by atoms with Crippen molar-refractivity contribution in [3.63, 3.8) is 0 Å². The second-order valence-corrected chi connectivity index (χ2v) is 7.12. The van der Waals surface area contributed by atoms with Crippen molar-refractivity contribution in [2.24, 2.45) is 0 Å². The first kappa shape index (κ1) is 20.3. The van der Waals surface area contributed by atoms with Gasteiger partial charge in [0.25, 0.3) is 5.56 Å². The van der Waals surface area contributed by atoms with Crippen molar-refractivity contribution in [2.75, 3.05) is 12.4 Å². The summed E-state index contributed by atoms with van der Waals surface area (Å²) in [5.74, 6) is 0.447. The first-order valence-electron chi connectivity index (χ1n) is 9.47. The molecule has 0 fully saturated rings. The number of nitrogens with zero attached hydrogens (tertiary/aromatic N) is 2. The molecular weight excluding hydrogens is 366 g/mol. The predicted octanol–water partition coefficient (Wildman–Crippen LogP) is 3.66. The number of nitrogens with one attached hydrogen (secondary N) is 1. The van der Waals surface area contributed by atoms with Crippen LogP contribution in [0.1, 0.15) is 35.3 Å². The molecule has 0 aliphatic carbocycles. The Hall–Kier alpha value is -3.41. The highest BCUT2D eigenvalue weighted by atomic mass is 16.5. The number of benzene rings is 2. The number of ether oxygens (including phenoxy) is 1. The van der Waals surface area contributed by atoms with Gasteiger partial charge in [0, 0.05) is 17.7 Å². The monoisotopic (exact) mass is 391 g/mol. The van der Waals surface area contributed by atoms with Crippen LogP contribution in [-0.2, 0) is 11.2 Å². The molecule has 1 aromatic heterocycles. The summed E-state index contributed by atoms with van der Waals surface area (Å²) in [6.07, 6.45) is 0.436. The van der Waals surface area contributed by atoms with Crippen molar-refractivity contribution < 1.29 is 9.53 Å². The van der Waals surface area contributed by atoms with Gasteiger partial charge in [0.15, 0.2) is 0 Å². The summed E-state index contributed by atoms with van der Waals surface area (Å²) in [5.41, 5.74) is 3.68. The highest BCUT2D eigenvalue weighted by molar-refractivity contribution is 5.93. The molecule has 6 heteroatoms. The summed E-state index contributed by atoms with van der Waals surface area (Å²) < 4.78 is 6.52. The molecule has 6 nitrogen and oxygen atoms in total. The molecule has 0 saturated carbocycles. The maximum Gasteiger partial charge on any atom is 0.271 e. The smallest absolute Gasteiger partial charge is 0.271 e. The van der Waals surface area contributed by atoms with Gasteiger partial charge in [-0.2, -0.15) is 5.10 Å². The summed E-state index contributed by atoms with van der Waals surface area (Å²) in [6.45, 7) is 5.45. The molecule has 1 N–H and O–H groups in total. The van der Waals surface area contributed by atoms with E-state index in [-0.39, 0.29) is 11.5 Å². The summed E-state index contributed by atoms with van der Waals surface area (Å²) >= 11 is 0. The van der Waals surface area contributed by atoms with Crippen LogP contribution in [0.15, 0.2) is 59.4 Å². The molecule has 150 valence electrons. The average Bonchev–Trinajstić information content (AvgIpc) is 2.70. The Morgan fingerprint density at radius 1 is 1.14 bits per heavy atom. The number of methoxy groups -OCH3 is 1. The van der Waals surface area contributed by atoms with Gasteiger partial charge < -0.3 is 10.1 Å². The number of carbonyl (C=O) groups excluding carboxylic acids is 1. The zero-order chi connectivity index (χ0) is 21.0. The SMILES string of the molecule is COc1cccc(Cc2cc(C)nn(C(C)C(=O)Nc3cccc(C)c3)c2=O)c1. The minimum atomic E-state index is -0.744. The third kappa shape index (κ3) is 4.90. The van der Waals surface area contributed by atoms with Crippen LogP contribution >= 0.6 is 0 Å². The number of rotatable bonds is 6. The van der Waals surface area contributed by atoms with Crippen molar-refractivity contribution in [1.29, 1.82) is 0 Å². The number of carbonyl (C=O) groups is 1. The molecule has 0 spiro atoms. The van der Waals surface area contributed by atoms with Crippen molar-refractivity contribution in [3.05, 3.63) is 87.3 Å². The van der Waals surface area contributed by atoms with Crippen LogP contribution in [0.3, 0.4) is 0 Å². The summed E-state index contributed by atoms with van der Waals surface area (Å²) in [4.78, 5) is 25.7. The van der Waals surface area contributed by atoms with Gasteiger partial charge in [-0.05, 0) is 62.2 Å². The molecule has 3 aromatic rings. The molecule has 3 rings (SSSR count). The molecule has 2 aromatic carbocycles. The van der Waals surface area contributed by atoms with Gasteiger partial charge in [-0.1, -0.05) is 24.3 Å². The molecule has 0 aliphatic rings. The maximum absolute atomic E-state index is 13.0. The van der Waals surface area contributed by atoms with E-state index in [1.165, 1.54) is 4.68 Å². The zero-order valence-electron chi connectivity index (χ0n) is 17.1. The lowest BCUT2D eigenvalue weighted by molar-refractivity contribution is -0.119. The van der Waals surface area contributed by atoms with Gasteiger partial charge in [0.1, 0.15) is 11.8 Å². The van der Waals surface area contributed by atoms with Crippen LogP contribution in [0, 0.1) is 13.8 Å². The van der Waals surface area contributed by atoms with E-state index >= 15 is 0 Å². The molecule has 1 amide bonds. The van der Waals surface area contributed by atoms with E-state index in [0.29, 0.717) is 23.4 Å². The molecule has 1 atom stereocenters. The van der Waals surface area contributed by atoms with Crippen LogP contribution < -0.4 is 15.6 Å². The van der Waals surface area contributed by atoms with Gasteiger partial charge in [0.05, 0.1) is 12.8 Å².